The molecule has 0 amide bonds. The van der Waals surface area contributed by atoms with E-state index in [2.05, 4.69) is 0 Å². The largest absolute Gasteiger partial charge is 0.396 e. The highest BCUT2D eigenvalue weighted by molar-refractivity contribution is 7.92. The van der Waals surface area contributed by atoms with Gasteiger partial charge in [-0.25, -0.2) is 21.6 Å². The van der Waals surface area contributed by atoms with E-state index in [1.54, 1.807) is 4.72 Å². The van der Waals surface area contributed by atoms with Crippen LogP contribution in [-0.2, 0) is 10.0 Å². The first-order chi connectivity index (χ1) is 10.6. The summed E-state index contributed by atoms with van der Waals surface area (Å²) in [6, 6.07) is 4.23. The minimum Gasteiger partial charge on any atom is -0.396 e. The van der Waals surface area contributed by atoms with Gasteiger partial charge in [0.15, 0.2) is 17.5 Å². The van der Waals surface area contributed by atoms with E-state index in [9.17, 15) is 31.7 Å². The number of non-ortho nitro benzene ring substituents is 1. The number of nitrogens with one attached hydrogen (secondary N) is 1. The summed E-state index contributed by atoms with van der Waals surface area (Å²) in [5.74, 6) is -5.32. The number of nitrogens with two attached hydrogens (primary N) is 1. The van der Waals surface area contributed by atoms with Crippen LogP contribution < -0.4 is 10.5 Å². The van der Waals surface area contributed by atoms with Gasteiger partial charge in [-0.05, 0) is 18.2 Å². The van der Waals surface area contributed by atoms with E-state index in [0.717, 1.165) is 24.3 Å². The molecule has 0 spiro atoms. The van der Waals surface area contributed by atoms with E-state index in [-0.39, 0.29) is 5.69 Å². The second-order valence-corrected chi connectivity index (χ2v) is 5.99. The molecule has 0 saturated carbocycles. The Bertz CT molecular complexity index is 885. The zero-order chi connectivity index (χ0) is 17.4. The molecule has 2 rings (SSSR count). The molecule has 0 aromatic heterocycles. The highest BCUT2D eigenvalue weighted by atomic mass is 32.2. The molecule has 0 radical (unpaired) electrons. The summed E-state index contributed by atoms with van der Waals surface area (Å²) in [6.45, 7) is 0. The Kier molecular flexibility index (Phi) is 4.14. The zero-order valence-electron chi connectivity index (χ0n) is 11.1. The van der Waals surface area contributed by atoms with Crippen molar-refractivity contribution in [1.82, 2.24) is 0 Å². The summed E-state index contributed by atoms with van der Waals surface area (Å²) < 4.78 is 65.6. The van der Waals surface area contributed by atoms with Gasteiger partial charge in [-0.2, -0.15) is 0 Å². The standard InChI is InChI=1S/C12H8F3N3O4S/c13-10-8(16)5-9(11(14)12(10)15)17-23(21,22)7-3-1-6(2-4-7)18(19)20/h1-5,17H,16H2. The van der Waals surface area contributed by atoms with Crippen molar-refractivity contribution in [2.75, 3.05) is 10.5 Å². The van der Waals surface area contributed by atoms with Crippen LogP contribution in [0.5, 0.6) is 0 Å². The Morgan fingerprint density at radius 3 is 2.13 bits per heavy atom. The Morgan fingerprint density at radius 1 is 1.04 bits per heavy atom. The molecule has 0 aliphatic rings. The van der Waals surface area contributed by atoms with Crippen molar-refractivity contribution in [1.29, 1.82) is 0 Å². The second kappa shape index (κ2) is 5.76. The van der Waals surface area contributed by atoms with Gasteiger partial charge in [0.1, 0.15) is 0 Å². The van der Waals surface area contributed by atoms with Crippen LogP contribution >= 0.6 is 0 Å². The number of hydrogen-bond acceptors (Lipinski definition) is 5. The lowest BCUT2D eigenvalue weighted by Crippen LogP contribution is -2.15. The number of sulfonamides is 1. The van der Waals surface area contributed by atoms with Gasteiger partial charge in [-0.1, -0.05) is 0 Å². The zero-order valence-corrected chi connectivity index (χ0v) is 11.9. The molecule has 2 aromatic rings. The third-order valence-corrected chi connectivity index (χ3v) is 4.16. The van der Waals surface area contributed by atoms with Crippen molar-refractivity contribution in [2.24, 2.45) is 0 Å². The van der Waals surface area contributed by atoms with Gasteiger partial charge >= 0.3 is 0 Å². The van der Waals surface area contributed by atoms with Gasteiger partial charge in [0, 0.05) is 12.1 Å². The third kappa shape index (κ3) is 3.18. The summed E-state index contributed by atoms with van der Waals surface area (Å²) in [6.07, 6.45) is 0. The fourth-order valence-corrected chi connectivity index (χ4v) is 2.70. The number of nitro benzene ring substituents is 1. The lowest BCUT2D eigenvalue weighted by Gasteiger charge is -2.11. The normalized spacial score (nSPS) is 11.3. The first kappa shape index (κ1) is 16.5. The molecule has 122 valence electrons. The highest BCUT2D eigenvalue weighted by Gasteiger charge is 2.22. The Labute approximate surface area is 127 Å². The number of halogens is 3. The van der Waals surface area contributed by atoms with E-state index < -0.39 is 48.7 Å². The molecule has 0 bridgehead atoms. The molecular formula is C12H8F3N3O4S. The van der Waals surface area contributed by atoms with Gasteiger partial charge < -0.3 is 5.73 Å². The third-order valence-electron chi connectivity index (χ3n) is 2.78. The number of hydrogen-bond donors (Lipinski definition) is 2. The molecule has 2 aromatic carbocycles. The minimum absolute atomic E-state index is 0.354. The molecule has 0 atom stereocenters. The first-order valence-corrected chi connectivity index (χ1v) is 7.32. The van der Waals surface area contributed by atoms with Crippen LogP contribution in [0.1, 0.15) is 0 Å². The Hall–Kier alpha value is -2.82. The molecule has 0 fully saturated rings. The number of anilines is 2. The predicted molar refractivity (Wildman–Crippen MR) is 74.6 cm³/mol. The van der Waals surface area contributed by atoms with Gasteiger partial charge in [0.05, 0.1) is 21.2 Å². The Morgan fingerprint density at radius 2 is 1.61 bits per heavy atom. The van der Waals surface area contributed by atoms with Crippen LogP contribution in [0.3, 0.4) is 0 Å². The summed E-state index contributed by atoms with van der Waals surface area (Å²) in [4.78, 5) is 9.33. The quantitative estimate of drug-likeness (QED) is 0.381. The maximum atomic E-state index is 13.6. The van der Waals surface area contributed by atoms with Crippen molar-refractivity contribution in [2.45, 2.75) is 4.90 Å². The number of nitrogen functional groups attached to an aromatic ring is 1. The SMILES string of the molecule is Nc1cc(NS(=O)(=O)c2ccc([N+](=O)[O-])cc2)c(F)c(F)c1F. The molecule has 0 saturated heterocycles. The first-order valence-electron chi connectivity index (χ1n) is 5.83. The topological polar surface area (TPSA) is 115 Å². The van der Waals surface area contributed by atoms with E-state index >= 15 is 0 Å². The number of benzene rings is 2. The number of nitrogens with zero attached hydrogens (tertiary/aromatic N) is 1. The van der Waals surface area contributed by atoms with Gasteiger partial charge in [0.2, 0.25) is 0 Å². The number of rotatable bonds is 4. The van der Waals surface area contributed by atoms with Crippen molar-refractivity contribution in [3.05, 3.63) is 57.9 Å². The van der Waals surface area contributed by atoms with Crippen LogP contribution in [0, 0.1) is 27.6 Å². The molecule has 23 heavy (non-hydrogen) atoms. The fourth-order valence-electron chi connectivity index (χ4n) is 1.65. The summed E-state index contributed by atoms with van der Waals surface area (Å²) in [5, 5.41) is 10.5. The monoisotopic (exact) mass is 347 g/mol. The smallest absolute Gasteiger partial charge is 0.269 e. The van der Waals surface area contributed by atoms with Crippen LogP contribution in [-0.4, -0.2) is 13.3 Å². The van der Waals surface area contributed by atoms with Crippen molar-refractivity contribution < 1.29 is 26.5 Å². The van der Waals surface area contributed by atoms with Crippen LogP contribution in [0.25, 0.3) is 0 Å². The van der Waals surface area contributed by atoms with Crippen LogP contribution in [0.4, 0.5) is 30.2 Å². The van der Waals surface area contributed by atoms with Gasteiger partial charge in [0.25, 0.3) is 15.7 Å². The molecule has 0 unspecified atom stereocenters. The molecular weight excluding hydrogens is 339 g/mol. The second-order valence-electron chi connectivity index (χ2n) is 4.31. The average Bonchev–Trinajstić information content (AvgIpc) is 2.50. The maximum absolute atomic E-state index is 13.6. The van der Waals surface area contributed by atoms with E-state index in [0.29, 0.717) is 6.07 Å². The molecule has 0 aliphatic heterocycles. The highest BCUT2D eigenvalue weighted by Crippen LogP contribution is 2.27. The van der Waals surface area contributed by atoms with Crippen LogP contribution in [0.2, 0.25) is 0 Å². The van der Waals surface area contributed by atoms with E-state index in [4.69, 9.17) is 5.73 Å². The minimum atomic E-state index is -4.38. The van der Waals surface area contributed by atoms with Crippen molar-refractivity contribution in [3.8, 4) is 0 Å². The van der Waals surface area contributed by atoms with E-state index in [1.807, 2.05) is 0 Å². The van der Waals surface area contributed by atoms with Gasteiger partial charge in [-0.15, -0.1) is 0 Å². The molecule has 3 N–H and O–H groups in total. The summed E-state index contributed by atoms with van der Waals surface area (Å²) in [5.41, 5.74) is 3.08. The lowest BCUT2D eigenvalue weighted by atomic mass is 10.2. The van der Waals surface area contributed by atoms with E-state index in [1.165, 1.54) is 0 Å². The molecule has 7 nitrogen and oxygen atoms in total. The molecule has 0 heterocycles. The van der Waals surface area contributed by atoms with Crippen LogP contribution in [0.15, 0.2) is 35.2 Å². The lowest BCUT2D eigenvalue weighted by molar-refractivity contribution is -0.384. The summed E-state index contributed by atoms with van der Waals surface area (Å²) >= 11 is 0. The fraction of sp³-hybridized carbons (Fsp3) is 0. The summed E-state index contributed by atoms with van der Waals surface area (Å²) in [7, 11) is -4.38. The molecule has 0 aliphatic carbocycles. The maximum Gasteiger partial charge on any atom is 0.269 e. The predicted octanol–water partition coefficient (Wildman–Crippen LogP) is 2.40. The average molecular weight is 347 g/mol. The Balaban J connectivity index is 2.41. The van der Waals surface area contributed by atoms with Gasteiger partial charge in [-0.3, -0.25) is 14.8 Å². The van der Waals surface area contributed by atoms with Crippen molar-refractivity contribution >= 4 is 27.1 Å². The van der Waals surface area contributed by atoms with Crippen molar-refractivity contribution in [3.63, 3.8) is 0 Å². The number of nitro groups is 1. The molecule has 11 heteroatoms.